The topological polar surface area (TPSA) is 63.2 Å². The second-order valence-corrected chi connectivity index (χ2v) is 5.51. The molecule has 2 N–H and O–H groups in total. The van der Waals surface area contributed by atoms with E-state index in [0.717, 1.165) is 5.01 Å². The highest BCUT2D eigenvalue weighted by Gasteiger charge is 2.27. The van der Waals surface area contributed by atoms with Gasteiger partial charge in [-0.2, -0.15) is 0 Å². The first kappa shape index (κ1) is 15.1. The molecule has 1 rings (SSSR count). The van der Waals surface area contributed by atoms with E-state index in [2.05, 4.69) is 15.6 Å². The second kappa shape index (κ2) is 6.82. The van der Waals surface area contributed by atoms with E-state index in [1.165, 1.54) is 0 Å². The lowest BCUT2D eigenvalue weighted by Gasteiger charge is -2.27. The van der Waals surface area contributed by atoms with Crippen molar-refractivity contribution in [1.82, 2.24) is 15.6 Å². The van der Waals surface area contributed by atoms with Crippen LogP contribution in [0.4, 0.5) is 0 Å². The molecule has 0 fully saturated rings. The van der Waals surface area contributed by atoms with E-state index < -0.39 is 0 Å². The van der Waals surface area contributed by atoms with Crippen molar-refractivity contribution >= 4 is 17.2 Å². The molecule has 0 aromatic carbocycles. The van der Waals surface area contributed by atoms with Gasteiger partial charge in [0.25, 0.3) is 0 Å². The molecule has 0 bridgehead atoms. The van der Waals surface area contributed by atoms with Gasteiger partial charge < -0.3 is 10.1 Å². The molecule has 0 aliphatic carbocycles. The van der Waals surface area contributed by atoms with Crippen LogP contribution in [-0.2, 0) is 15.1 Å². The molecule has 0 radical (unpaired) electrons. The third-order valence-electron chi connectivity index (χ3n) is 2.54. The normalized spacial score (nSPS) is 13.3. The van der Waals surface area contributed by atoms with Gasteiger partial charge in [-0.25, -0.2) is 4.98 Å². The van der Waals surface area contributed by atoms with E-state index in [9.17, 15) is 4.79 Å². The molecule has 0 saturated carbocycles. The van der Waals surface area contributed by atoms with Gasteiger partial charge in [-0.1, -0.05) is 0 Å². The maximum Gasteiger partial charge on any atom is 0.236 e. The molecule has 1 unspecified atom stereocenters. The zero-order chi connectivity index (χ0) is 13.6. The molecular formula is C12H21N3O2S. The van der Waals surface area contributed by atoms with Crippen molar-refractivity contribution in [2.45, 2.75) is 32.4 Å². The molecule has 102 valence electrons. The van der Waals surface area contributed by atoms with Crippen LogP contribution < -0.4 is 10.6 Å². The molecule has 0 spiro atoms. The van der Waals surface area contributed by atoms with Crippen molar-refractivity contribution in [2.75, 3.05) is 20.3 Å². The summed E-state index contributed by atoms with van der Waals surface area (Å²) in [5, 5.41) is 8.99. The lowest BCUT2D eigenvalue weighted by Crippen LogP contribution is -2.50. The number of amides is 1. The molecule has 1 heterocycles. The van der Waals surface area contributed by atoms with Crippen molar-refractivity contribution in [3.8, 4) is 0 Å². The van der Waals surface area contributed by atoms with Crippen molar-refractivity contribution in [3.05, 3.63) is 16.6 Å². The Morgan fingerprint density at radius 1 is 1.61 bits per heavy atom. The number of carbonyl (C=O) groups is 1. The molecular weight excluding hydrogens is 250 g/mol. The molecule has 0 aliphatic heterocycles. The Balaban J connectivity index is 2.48. The third-order valence-corrected chi connectivity index (χ3v) is 3.64. The average molecular weight is 271 g/mol. The Labute approximate surface area is 112 Å². The molecule has 1 aromatic rings. The fourth-order valence-electron chi connectivity index (χ4n) is 1.63. The maximum atomic E-state index is 11.8. The maximum absolute atomic E-state index is 11.8. The highest BCUT2D eigenvalue weighted by molar-refractivity contribution is 7.09. The number of hydrogen-bond donors (Lipinski definition) is 2. The molecule has 1 aromatic heterocycles. The number of thiazole rings is 1. The number of ether oxygens (including phenoxy) is 1. The summed E-state index contributed by atoms with van der Waals surface area (Å²) >= 11 is 1.58. The molecule has 18 heavy (non-hydrogen) atoms. The molecule has 1 atom stereocenters. The molecule has 0 saturated heterocycles. The minimum absolute atomic E-state index is 0.0309. The highest BCUT2D eigenvalue weighted by atomic mass is 32.1. The van der Waals surface area contributed by atoms with Crippen LogP contribution >= 0.6 is 11.3 Å². The number of nitrogens with one attached hydrogen (secondary N) is 2. The molecule has 0 aliphatic rings. The van der Waals surface area contributed by atoms with E-state index in [1.54, 1.807) is 24.6 Å². The number of rotatable bonds is 7. The van der Waals surface area contributed by atoms with E-state index in [1.807, 2.05) is 26.2 Å². The SMILES string of the molecule is COCCNC(=O)C(C)NC(C)(C)c1nccs1. The quantitative estimate of drug-likeness (QED) is 0.730. The Kier molecular flexibility index (Phi) is 5.71. The van der Waals surface area contributed by atoms with Gasteiger partial charge in [0.2, 0.25) is 5.91 Å². The first-order chi connectivity index (χ1) is 8.47. The van der Waals surface area contributed by atoms with Crippen LogP contribution in [0.1, 0.15) is 25.8 Å². The van der Waals surface area contributed by atoms with Crippen LogP contribution in [-0.4, -0.2) is 37.2 Å². The molecule has 6 heteroatoms. The molecule has 1 amide bonds. The lowest BCUT2D eigenvalue weighted by molar-refractivity contribution is -0.123. The summed E-state index contributed by atoms with van der Waals surface area (Å²) < 4.78 is 4.89. The fourth-order valence-corrected chi connectivity index (χ4v) is 2.36. The van der Waals surface area contributed by atoms with Crippen molar-refractivity contribution in [1.29, 1.82) is 0 Å². The predicted octanol–water partition coefficient (Wildman–Crippen LogP) is 1.12. The van der Waals surface area contributed by atoms with Gasteiger partial charge >= 0.3 is 0 Å². The van der Waals surface area contributed by atoms with Gasteiger partial charge in [-0.3, -0.25) is 10.1 Å². The van der Waals surface area contributed by atoms with Gasteiger partial charge in [-0.05, 0) is 20.8 Å². The predicted molar refractivity (Wildman–Crippen MR) is 72.6 cm³/mol. The van der Waals surface area contributed by atoms with Crippen LogP contribution in [0, 0.1) is 0 Å². The van der Waals surface area contributed by atoms with E-state index in [0.29, 0.717) is 13.2 Å². The smallest absolute Gasteiger partial charge is 0.236 e. The highest BCUT2D eigenvalue weighted by Crippen LogP contribution is 2.22. The zero-order valence-electron chi connectivity index (χ0n) is 11.3. The minimum atomic E-state index is -0.313. The summed E-state index contributed by atoms with van der Waals surface area (Å²) in [7, 11) is 1.61. The third kappa shape index (κ3) is 4.36. The standard InChI is InChI=1S/C12H21N3O2S/c1-9(10(16)13-5-7-17-4)15-12(2,3)11-14-6-8-18-11/h6,8-9,15H,5,7H2,1-4H3,(H,13,16). The number of hydrogen-bond acceptors (Lipinski definition) is 5. The molecule has 5 nitrogen and oxygen atoms in total. The van der Waals surface area contributed by atoms with Crippen LogP contribution in [0.3, 0.4) is 0 Å². The first-order valence-electron chi connectivity index (χ1n) is 5.91. The van der Waals surface area contributed by atoms with E-state index in [-0.39, 0.29) is 17.5 Å². The zero-order valence-corrected chi connectivity index (χ0v) is 12.1. The number of methoxy groups -OCH3 is 1. The summed E-state index contributed by atoms with van der Waals surface area (Å²) in [5.74, 6) is -0.0309. The number of aromatic nitrogens is 1. The van der Waals surface area contributed by atoms with Crippen molar-refractivity contribution in [3.63, 3.8) is 0 Å². The second-order valence-electron chi connectivity index (χ2n) is 4.61. The largest absolute Gasteiger partial charge is 0.383 e. The van der Waals surface area contributed by atoms with Crippen LogP contribution in [0.5, 0.6) is 0 Å². The van der Waals surface area contributed by atoms with E-state index >= 15 is 0 Å². The summed E-state index contributed by atoms with van der Waals surface area (Å²) in [6, 6.07) is -0.277. The van der Waals surface area contributed by atoms with Crippen LogP contribution in [0.2, 0.25) is 0 Å². The van der Waals surface area contributed by atoms with Crippen molar-refractivity contribution in [2.24, 2.45) is 0 Å². The number of nitrogens with zero attached hydrogens (tertiary/aromatic N) is 1. The minimum Gasteiger partial charge on any atom is -0.383 e. The average Bonchev–Trinajstić information content (AvgIpc) is 2.82. The van der Waals surface area contributed by atoms with Crippen LogP contribution in [0.15, 0.2) is 11.6 Å². The summed E-state index contributed by atoms with van der Waals surface area (Å²) in [5.41, 5.74) is -0.313. The summed E-state index contributed by atoms with van der Waals surface area (Å²) in [4.78, 5) is 16.1. The Hall–Kier alpha value is -0.980. The number of carbonyl (C=O) groups excluding carboxylic acids is 1. The lowest BCUT2D eigenvalue weighted by atomic mass is 10.1. The Morgan fingerprint density at radius 3 is 2.89 bits per heavy atom. The van der Waals surface area contributed by atoms with Gasteiger partial charge in [0.15, 0.2) is 0 Å². The van der Waals surface area contributed by atoms with E-state index in [4.69, 9.17) is 4.74 Å². The van der Waals surface area contributed by atoms with Gasteiger partial charge in [0.05, 0.1) is 18.2 Å². The van der Waals surface area contributed by atoms with Crippen LogP contribution in [0.25, 0.3) is 0 Å². The van der Waals surface area contributed by atoms with Gasteiger partial charge in [0, 0.05) is 25.2 Å². The first-order valence-corrected chi connectivity index (χ1v) is 6.79. The van der Waals surface area contributed by atoms with Gasteiger partial charge in [0.1, 0.15) is 5.01 Å². The monoisotopic (exact) mass is 271 g/mol. The summed E-state index contributed by atoms with van der Waals surface area (Å²) in [6.45, 7) is 6.93. The Morgan fingerprint density at radius 2 is 2.33 bits per heavy atom. The van der Waals surface area contributed by atoms with Gasteiger partial charge in [-0.15, -0.1) is 11.3 Å². The fraction of sp³-hybridized carbons (Fsp3) is 0.667. The Bertz CT molecular complexity index is 365. The van der Waals surface area contributed by atoms with Crippen molar-refractivity contribution < 1.29 is 9.53 Å². The summed E-state index contributed by atoms with van der Waals surface area (Å²) in [6.07, 6.45) is 1.77.